The Morgan fingerprint density at radius 2 is 2.44 bits per heavy atom. The minimum atomic E-state index is -1.13. The number of rotatable bonds is 3. The van der Waals surface area contributed by atoms with Crippen LogP contribution in [0.3, 0.4) is 0 Å². The van der Waals surface area contributed by atoms with E-state index in [-0.39, 0.29) is 5.69 Å². The first kappa shape index (κ1) is 11.0. The molecule has 0 spiro atoms. The van der Waals surface area contributed by atoms with E-state index in [1.54, 1.807) is 0 Å². The number of aliphatic carboxylic acids is 1. The number of thioether (sulfide) groups is 1. The molecule has 1 atom stereocenters. The molecule has 1 fully saturated rings. The fourth-order valence-corrected chi connectivity index (χ4v) is 2.88. The van der Waals surface area contributed by atoms with E-state index < -0.39 is 17.4 Å². The quantitative estimate of drug-likeness (QED) is 0.697. The molecule has 1 saturated heterocycles. The molecule has 1 amide bonds. The predicted molar refractivity (Wildman–Crippen MR) is 58.4 cm³/mol. The molecule has 16 heavy (non-hydrogen) atoms. The van der Waals surface area contributed by atoms with Crippen LogP contribution in [0, 0.1) is 0 Å². The van der Waals surface area contributed by atoms with Crippen LogP contribution in [-0.2, 0) is 4.79 Å². The highest BCUT2D eigenvalue weighted by atomic mass is 32.2. The van der Waals surface area contributed by atoms with Gasteiger partial charge in [-0.3, -0.25) is 4.79 Å². The molecule has 1 aliphatic rings. The van der Waals surface area contributed by atoms with Crippen molar-refractivity contribution in [3.8, 4) is 0 Å². The Morgan fingerprint density at radius 1 is 1.62 bits per heavy atom. The van der Waals surface area contributed by atoms with Gasteiger partial charge in [0.1, 0.15) is 11.2 Å². The molecule has 2 heterocycles. The highest BCUT2D eigenvalue weighted by Gasteiger charge is 2.43. The summed E-state index contributed by atoms with van der Waals surface area (Å²) in [6, 6.07) is 0. The Kier molecular flexibility index (Phi) is 2.86. The highest BCUT2D eigenvalue weighted by molar-refractivity contribution is 7.99. The molecule has 0 aromatic carbocycles. The van der Waals surface area contributed by atoms with Crippen LogP contribution in [0.15, 0.2) is 12.5 Å². The summed E-state index contributed by atoms with van der Waals surface area (Å²) < 4.78 is 0. The lowest BCUT2D eigenvalue weighted by molar-refractivity contribution is -0.143. The zero-order valence-corrected chi connectivity index (χ0v) is 9.21. The summed E-state index contributed by atoms with van der Waals surface area (Å²) in [6.45, 7) is 0. The van der Waals surface area contributed by atoms with Gasteiger partial charge in [0.2, 0.25) is 0 Å². The smallest absolute Gasteiger partial charge is 0.330 e. The summed E-state index contributed by atoms with van der Waals surface area (Å²) in [5, 5.41) is 11.7. The van der Waals surface area contributed by atoms with Crippen LogP contribution in [0.2, 0.25) is 0 Å². The lowest BCUT2D eigenvalue weighted by Gasteiger charge is -2.23. The maximum Gasteiger partial charge on any atom is 0.330 e. The maximum atomic E-state index is 11.7. The lowest BCUT2D eigenvalue weighted by atomic mass is 9.99. The molecule has 1 unspecified atom stereocenters. The van der Waals surface area contributed by atoms with E-state index in [4.69, 9.17) is 5.11 Å². The predicted octanol–water partition coefficient (Wildman–Crippen LogP) is 0.0998. The van der Waals surface area contributed by atoms with E-state index >= 15 is 0 Å². The van der Waals surface area contributed by atoms with Crippen molar-refractivity contribution in [1.29, 1.82) is 0 Å². The molecule has 0 bridgehead atoms. The van der Waals surface area contributed by atoms with Gasteiger partial charge in [-0.25, -0.2) is 9.78 Å². The van der Waals surface area contributed by atoms with E-state index in [1.807, 2.05) is 0 Å². The molecule has 3 N–H and O–H groups in total. The standard InChI is InChI=1S/C9H11N3O3S/c13-7(6-3-10-5-11-6)12-9(8(14)15)1-2-16-4-9/h3,5H,1-2,4H2,(H,10,11)(H,12,13)(H,14,15). The number of nitrogens with zero attached hydrogens (tertiary/aromatic N) is 1. The van der Waals surface area contributed by atoms with Gasteiger partial charge in [0.05, 0.1) is 12.5 Å². The van der Waals surface area contributed by atoms with Crippen molar-refractivity contribution in [3.05, 3.63) is 18.2 Å². The SMILES string of the molecule is O=C(NC1(C(=O)O)CCSC1)c1cnc[nH]1. The zero-order valence-electron chi connectivity index (χ0n) is 8.40. The molecule has 6 nitrogen and oxygen atoms in total. The van der Waals surface area contributed by atoms with Gasteiger partial charge in [0.25, 0.3) is 5.91 Å². The molecule has 7 heteroatoms. The van der Waals surface area contributed by atoms with Crippen LogP contribution in [-0.4, -0.2) is 44.0 Å². The van der Waals surface area contributed by atoms with Gasteiger partial charge in [0.15, 0.2) is 0 Å². The number of hydrogen-bond acceptors (Lipinski definition) is 4. The normalized spacial score (nSPS) is 24.2. The monoisotopic (exact) mass is 241 g/mol. The Balaban J connectivity index is 2.13. The minimum absolute atomic E-state index is 0.275. The second-order valence-electron chi connectivity index (χ2n) is 3.61. The van der Waals surface area contributed by atoms with Crippen molar-refractivity contribution in [3.63, 3.8) is 0 Å². The topological polar surface area (TPSA) is 95.1 Å². The summed E-state index contributed by atoms with van der Waals surface area (Å²) in [7, 11) is 0. The highest BCUT2D eigenvalue weighted by Crippen LogP contribution is 2.28. The number of carbonyl (C=O) groups excluding carboxylic acids is 1. The first-order valence-corrected chi connectivity index (χ1v) is 5.91. The third-order valence-corrected chi connectivity index (χ3v) is 3.72. The van der Waals surface area contributed by atoms with E-state index in [9.17, 15) is 9.59 Å². The summed E-state index contributed by atoms with van der Waals surface area (Å²) in [5.41, 5.74) is -0.857. The van der Waals surface area contributed by atoms with Crippen molar-refractivity contribution in [2.45, 2.75) is 12.0 Å². The molecular weight excluding hydrogens is 230 g/mol. The average Bonchev–Trinajstić information content (AvgIpc) is 2.88. The molecule has 86 valence electrons. The Morgan fingerprint density at radius 3 is 2.94 bits per heavy atom. The van der Waals surface area contributed by atoms with Gasteiger partial charge in [-0.1, -0.05) is 0 Å². The van der Waals surface area contributed by atoms with Crippen molar-refractivity contribution >= 4 is 23.6 Å². The second-order valence-corrected chi connectivity index (χ2v) is 4.71. The van der Waals surface area contributed by atoms with Gasteiger partial charge in [-0.15, -0.1) is 0 Å². The summed E-state index contributed by atoms with van der Waals surface area (Å²) in [5.74, 6) is -0.259. The molecular formula is C9H11N3O3S. The van der Waals surface area contributed by atoms with Gasteiger partial charge >= 0.3 is 5.97 Å². The number of H-pyrrole nitrogens is 1. The number of carbonyl (C=O) groups is 2. The van der Waals surface area contributed by atoms with Gasteiger partial charge in [0, 0.05) is 5.75 Å². The van der Waals surface area contributed by atoms with Crippen LogP contribution in [0.25, 0.3) is 0 Å². The van der Waals surface area contributed by atoms with Crippen LogP contribution in [0.5, 0.6) is 0 Å². The summed E-state index contributed by atoms with van der Waals surface area (Å²) in [6.07, 6.45) is 3.20. The maximum absolute atomic E-state index is 11.7. The number of carboxylic acid groups (broad SMARTS) is 1. The van der Waals surface area contributed by atoms with Gasteiger partial charge in [-0.2, -0.15) is 11.8 Å². The number of imidazole rings is 1. The lowest BCUT2D eigenvalue weighted by Crippen LogP contribution is -2.54. The van der Waals surface area contributed by atoms with E-state index in [2.05, 4.69) is 15.3 Å². The largest absolute Gasteiger partial charge is 0.479 e. The van der Waals surface area contributed by atoms with Crippen LogP contribution in [0.4, 0.5) is 0 Å². The third kappa shape index (κ3) is 1.90. The summed E-state index contributed by atoms with van der Waals surface area (Å²) in [4.78, 5) is 29.3. The van der Waals surface area contributed by atoms with Crippen LogP contribution < -0.4 is 5.32 Å². The van der Waals surface area contributed by atoms with Gasteiger partial charge < -0.3 is 15.4 Å². The molecule has 0 aliphatic carbocycles. The van der Waals surface area contributed by atoms with Crippen molar-refractivity contribution in [2.24, 2.45) is 0 Å². The van der Waals surface area contributed by atoms with E-state index in [0.717, 1.165) is 5.75 Å². The van der Waals surface area contributed by atoms with E-state index in [1.165, 1.54) is 24.3 Å². The minimum Gasteiger partial charge on any atom is -0.479 e. The fourth-order valence-electron chi connectivity index (χ4n) is 1.55. The van der Waals surface area contributed by atoms with E-state index in [0.29, 0.717) is 12.2 Å². The zero-order chi connectivity index (χ0) is 11.6. The van der Waals surface area contributed by atoms with Crippen molar-refractivity contribution < 1.29 is 14.7 Å². The molecule has 0 radical (unpaired) electrons. The first-order valence-electron chi connectivity index (χ1n) is 4.76. The van der Waals surface area contributed by atoms with Crippen molar-refractivity contribution in [1.82, 2.24) is 15.3 Å². The molecule has 1 aromatic heterocycles. The molecule has 1 aromatic rings. The Bertz CT molecular complexity index is 398. The first-order chi connectivity index (χ1) is 7.64. The Hall–Kier alpha value is -1.50. The average molecular weight is 241 g/mol. The number of nitrogens with one attached hydrogen (secondary N) is 2. The number of aromatic nitrogens is 2. The molecule has 2 rings (SSSR count). The third-order valence-electron chi connectivity index (χ3n) is 2.53. The number of aromatic amines is 1. The number of carboxylic acids is 1. The van der Waals surface area contributed by atoms with Crippen LogP contribution in [0.1, 0.15) is 16.9 Å². The molecule has 0 saturated carbocycles. The Labute approximate surface area is 95.8 Å². The van der Waals surface area contributed by atoms with Gasteiger partial charge in [-0.05, 0) is 12.2 Å². The molecule has 1 aliphatic heterocycles. The fraction of sp³-hybridized carbons (Fsp3) is 0.444. The van der Waals surface area contributed by atoms with Crippen molar-refractivity contribution in [2.75, 3.05) is 11.5 Å². The summed E-state index contributed by atoms with van der Waals surface area (Å²) >= 11 is 1.53. The number of amides is 1. The second kappa shape index (κ2) is 4.17. The number of hydrogen-bond donors (Lipinski definition) is 3. The van der Waals surface area contributed by atoms with Crippen LogP contribution >= 0.6 is 11.8 Å².